The number of benzene rings is 1. The molecule has 0 saturated carbocycles. The highest BCUT2D eigenvalue weighted by molar-refractivity contribution is 6.31. The summed E-state index contributed by atoms with van der Waals surface area (Å²) in [7, 11) is 0. The number of aromatic nitrogens is 4. The van der Waals surface area contributed by atoms with Crippen LogP contribution in [0.1, 0.15) is 24.6 Å². The molecule has 2 aromatic heterocycles. The van der Waals surface area contributed by atoms with Gasteiger partial charge in [-0.25, -0.2) is 9.97 Å². The van der Waals surface area contributed by atoms with E-state index in [1.807, 2.05) is 6.07 Å². The lowest BCUT2D eigenvalue weighted by Crippen LogP contribution is -2.47. The van der Waals surface area contributed by atoms with Crippen molar-refractivity contribution in [2.75, 3.05) is 75.4 Å². The fourth-order valence-corrected chi connectivity index (χ4v) is 5.17. The first-order chi connectivity index (χ1) is 17.1. The van der Waals surface area contributed by atoms with Crippen LogP contribution in [0.15, 0.2) is 18.5 Å². The molecule has 2 aliphatic heterocycles. The zero-order valence-corrected chi connectivity index (χ0v) is 21.4. The number of hydrogen-bond donors (Lipinski definition) is 1. The number of H-pyrrole nitrogens is 1. The van der Waals surface area contributed by atoms with Crippen molar-refractivity contribution in [3.05, 3.63) is 34.7 Å². The largest absolute Gasteiger partial charge is 0.493 e. The lowest BCUT2D eigenvalue weighted by Gasteiger charge is -2.37. The third kappa shape index (κ3) is 5.32. The Hall–Kier alpha value is -2.62. The number of hydrogen-bond acceptors (Lipinski definition) is 8. The number of aryl methyl sites for hydroxylation is 1. The van der Waals surface area contributed by atoms with Gasteiger partial charge in [0.15, 0.2) is 5.65 Å². The van der Waals surface area contributed by atoms with Crippen LogP contribution in [0, 0.1) is 6.92 Å². The Kier molecular flexibility index (Phi) is 7.55. The van der Waals surface area contributed by atoms with Gasteiger partial charge in [0, 0.05) is 62.1 Å². The number of fused-ring (bicyclic) bond motifs is 1. The summed E-state index contributed by atoms with van der Waals surface area (Å²) in [5.74, 6) is 1.84. The van der Waals surface area contributed by atoms with Crippen molar-refractivity contribution in [2.45, 2.75) is 26.7 Å². The predicted molar refractivity (Wildman–Crippen MR) is 139 cm³/mol. The van der Waals surface area contributed by atoms with Crippen molar-refractivity contribution in [3.63, 3.8) is 0 Å². The predicted octanol–water partition coefficient (Wildman–Crippen LogP) is 3.30. The van der Waals surface area contributed by atoms with Crippen LogP contribution in [0.4, 0.5) is 11.5 Å². The Bertz CT molecular complexity index is 1140. The fourth-order valence-electron chi connectivity index (χ4n) is 4.97. The number of nitrogens with one attached hydrogen (secondary N) is 1. The Morgan fingerprint density at radius 3 is 2.60 bits per heavy atom. The van der Waals surface area contributed by atoms with Gasteiger partial charge in [0.1, 0.15) is 17.9 Å². The second kappa shape index (κ2) is 11.0. The lowest BCUT2D eigenvalue weighted by molar-refractivity contribution is 0.0358. The van der Waals surface area contributed by atoms with Gasteiger partial charge in [-0.1, -0.05) is 18.5 Å². The molecule has 3 aromatic rings. The van der Waals surface area contributed by atoms with Crippen molar-refractivity contribution in [1.29, 1.82) is 0 Å². The zero-order valence-electron chi connectivity index (χ0n) is 20.6. The molecule has 4 heterocycles. The van der Waals surface area contributed by atoms with Crippen molar-refractivity contribution in [2.24, 2.45) is 0 Å². The smallest absolute Gasteiger partial charge is 0.160 e. The molecule has 188 valence electrons. The van der Waals surface area contributed by atoms with E-state index in [2.05, 4.69) is 54.8 Å². The van der Waals surface area contributed by atoms with E-state index in [1.54, 1.807) is 6.33 Å². The molecule has 35 heavy (non-hydrogen) atoms. The Morgan fingerprint density at radius 1 is 1.06 bits per heavy atom. The molecule has 0 radical (unpaired) electrons. The number of halogens is 1. The standard InChI is InChI=1S/C25H34ClN7O2/c1-3-20-23-24(30-29-20)27-17-28-25(23)33-8-6-32(7-9-33)21-15-19(26)16-22(18(21)2)35-12-4-5-31-10-13-34-14-11-31/h15-17H,3-14H2,1-2H3,(H,27,28,29,30). The summed E-state index contributed by atoms with van der Waals surface area (Å²) in [6.45, 7) is 13.1. The van der Waals surface area contributed by atoms with E-state index in [4.69, 9.17) is 21.1 Å². The molecule has 5 rings (SSSR count). The Morgan fingerprint density at radius 2 is 1.83 bits per heavy atom. The molecule has 9 nitrogen and oxygen atoms in total. The maximum atomic E-state index is 6.52. The number of aromatic amines is 1. The first kappa shape index (κ1) is 24.1. The molecule has 0 unspecified atom stereocenters. The minimum absolute atomic E-state index is 0.680. The summed E-state index contributed by atoms with van der Waals surface area (Å²) < 4.78 is 11.6. The van der Waals surface area contributed by atoms with E-state index in [0.717, 1.165) is 111 Å². The molecule has 10 heteroatoms. The van der Waals surface area contributed by atoms with E-state index in [9.17, 15) is 0 Å². The molecule has 0 aliphatic carbocycles. The maximum Gasteiger partial charge on any atom is 0.160 e. The highest BCUT2D eigenvalue weighted by Crippen LogP contribution is 2.34. The van der Waals surface area contributed by atoms with Crippen LogP contribution in [0.5, 0.6) is 5.75 Å². The number of morpholine rings is 1. The average molecular weight is 500 g/mol. The van der Waals surface area contributed by atoms with Gasteiger partial charge >= 0.3 is 0 Å². The normalized spacial score (nSPS) is 17.3. The van der Waals surface area contributed by atoms with Gasteiger partial charge in [-0.2, -0.15) is 5.10 Å². The molecule has 0 spiro atoms. The molecule has 0 bridgehead atoms. The molecular formula is C25H34ClN7O2. The monoisotopic (exact) mass is 499 g/mol. The molecule has 1 aromatic carbocycles. The molecule has 2 fully saturated rings. The fraction of sp³-hybridized carbons (Fsp3) is 0.560. The number of rotatable bonds is 8. The van der Waals surface area contributed by atoms with Crippen molar-refractivity contribution in [1.82, 2.24) is 25.1 Å². The van der Waals surface area contributed by atoms with Gasteiger partial charge in [0.2, 0.25) is 0 Å². The molecule has 2 saturated heterocycles. The summed E-state index contributed by atoms with van der Waals surface area (Å²) in [6, 6.07) is 4.00. The average Bonchev–Trinajstić information content (AvgIpc) is 3.32. The summed E-state index contributed by atoms with van der Waals surface area (Å²) in [4.78, 5) is 16.1. The SMILES string of the molecule is CCc1n[nH]c2ncnc(N3CCN(c4cc(Cl)cc(OCCCN5CCOCC5)c4C)CC3)c12. The van der Waals surface area contributed by atoms with E-state index in [-0.39, 0.29) is 0 Å². The molecule has 0 amide bonds. The van der Waals surface area contributed by atoms with Gasteiger partial charge < -0.3 is 19.3 Å². The van der Waals surface area contributed by atoms with E-state index in [1.165, 1.54) is 0 Å². The molecule has 1 N–H and O–H groups in total. The summed E-state index contributed by atoms with van der Waals surface area (Å²) >= 11 is 6.52. The first-order valence-electron chi connectivity index (χ1n) is 12.5. The molecule has 0 atom stereocenters. The Balaban J connectivity index is 1.23. The van der Waals surface area contributed by atoms with Crippen molar-refractivity contribution in [3.8, 4) is 5.75 Å². The van der Waals surface area contributed by atoms with Gasteiger partial charge in [-0.05, 0) is 31.9 Å². The van der Waals surface area contributed by atoms with Gasteiger partial charge in [-0.3, -0.25) is 10.00 Å². The number of piperazine rings is 1. The molecular weight excluding hydrogens is 466 g/mol. The van der Waals surface area contributed by atoms with Crippen molar-refractivity contribution < 1.29 is 9.47 Å². The third-order valence-electron chi connectivity index (χ3n) is 6.94. The second-order valence-corrected chi connectivity index (χ2v) is 9.56. The van der Waals surface area contributed by atoms with Crippen LogP contribution in [-0.4, -0.2) is 90.7 Å². The van der Waals surface area contributed by atoms with Crippen LogP contribution in [-0.2, 0) is 11.2 Å². The number of nitrogens with zero attached hydrogens (tertiary/aromatic N) is 6. The lowest BCUT2D eigenvalue weighted by atomic mass is 10.1. The zero-order chi connectivity index (χ0) is 24.2. The molecule has 2 aliphatic rings. The quantitative estimate of drug-likeness (QED) is 0.473. The van der Waals surface area contributed by atoms with Crippen molar-refractivity contribution >= 4 is 34.1 Å². The summed E-state index contributed by atoms with van der Waals surface area (Å²) in [5, 5.41) is 9.20. The van der Waals surface area contributed by atoms with Crippen LogP contribution in [0.2, 0.25) is 5.02 Å². The highest BCUT2D eigenvalue weighted by Gasteiger charge is 2.24. The topological polar surface area (TPSA) is 82.6 Å². The van der Waals surface area contributed by atoms with Crippen LogP contribution in [0.3, 0.4) is 0 Å². The van der Waals surface area contributed by atoms with Gasteiger partial charge in [0.25, 0.3) is 0 Å². The Labute approximate surface area is 211 Å². The van der Waals surface area contributed by atoms with Crippen LogP contribution in [0.25, 0.3) is 11.0 Å². The van der Waals surface area contributed by atoms with Crippen LogP contribution < -0.4 is 14.5 Å². The number of anilines is 2. The third-order valence-corrected chi connectivity index (χ3v) is 7.16. The summed E-state index contributed by atoms with van der Waals surface area (Å²) in [6.07, 6.45) is 3.45. The highest BCUT2D eigenvalue weighted by atomic mass is 35.5. The number of ether oxygens (including phenoxy) is 2. The maximum absolute atomic E-state index is 6.52. The van der Waals surface area contributed by atoms with E-state index < -0.39 is 0 Å². The first-order valence-corrected chi connectivity index (χ1v) is 12.9. The summed E-state index contributed by atoms with van der Waals surface area (Å²) in [5.41, 5.74) is 4.10. The minimum atomic E-state index is 0.680. The van der Waals surface area contributed by atoms with Gasteiger partial charge in [-0.15, -0.1) is 0 Å². The van der Waals surface area contributed by atoms with E-state index >= 15 is 0 Å². The van der Waals surface area contributed by atoms with Crippen LogP contribution >= 0.6 is 11.6 Å². The van der Waals surface area contributed by atoms with Gasteiger partial charge in [0.05, 0.1) is 30.9 Å². The second-order valence-electron chi connectivity index (χ2n) is 9.12. The van der Waals surface area contributed by atoms with E-state index in [0.29, 0.717) is 11.6 Å². The minimum Gasteiger partial charge on any atom is -0.493 e.